The van der Waals surface area contributed by atoms with Crippen LogP contribution in [0.4, 0.5) is 5.69 Å². The largest absolute Gasteiger partial charge is 0.409 e. The van der Waals surface area contributed by atoms with Crippen LogP contribution in [-0.4, -0.2) is 23.6 Å². The van der Waals surface area contributed by atoms with E-state index in [1.54, 1.807) is 0 Å². The smallest absolute Gasteiger partial charge is 0.172 e. The van der Waals surface area contributed by atoms with Gasteiger partial charge in [0.05, 0.1) is 0 Å². The van der Waals surface area contributed by atoms with Gasteiger partial charge in [0.2, 0.25) is 0 Å². The summed E-state index contributed by atoms with van der Waals surface area (Å²) in [6.07, 6.45) is 1.01. The first-order valence-corrected chi connectivity index (χ1v) is 6.16. The van der Waals surface area contributed by atoms with E-state index in [1.807, 2.05) is 26.1 Å². The van der Waals surface area contributed by atoms with E-state index in [0.29, 0.717) is 0 Å². The molecule has 0 fully saturated rings. The van der Waals surface area contributed by atoms with Crippen LogP contribution in [0, 0.1) is 6.92 Å². The number of oxime groups is 1. The molecule has 0 aliphatic heterocycles. The maximum atomic E-state index is 8.87. The number of rotatable bonds is 4. The van der Waals surface area contributed by atoms with E-state index in [2.05, 4.69) is 36.9 Å². The zero-order valence-corrected chi connectivity index (χ0v) is 11.9. The molecule has 4 nitrogen and oxygen atoms in total. The minimum Gasteiger partial charge on any atom is -0.409 e. The second-order valence-corrected chi connectivity index (χ2v) is 5.23. The lowest BCUT2D eigenvalue weighted by Crippen LogP contribution is -2.41. The summed E-state index contributed by atoms with van der Waals surface area (Å²) in [6, 6.07) is 5.91. The lowest BCUT2D eigenvalue weighted by atomic mass is 9.97. The predicted octanol–water partition coefficient (Wildman–Crippen LogP) is 2.71. The number of benzene rings is 1. The van der Waals surface area contributed by atoms with Gasteiger partial charge in [-0.25, -0.2) is 0 Å². The number of hydrogen-bond donors (Lipinski definition) is 2. The standard InChI is InChI=1S/C14H23N3O/c1-6-14(3,4)17(5)12-9-10(2)7-8-11(12)13(15)16-18/h7-9,18H,6H2,1-5H3,(H2,15,16). The Morgan fingerprint density at radius 3 is 2.56 bits per heavy atom. The van der Waals surface area contributed by atoms with Crippen LogP contribution in [0.25, 0.3) is 0 Å². The zero-order chi connectivity index (χ0) is 13.9. The van der Waals surface area contributed by atoms with Gasteiger partial charge in [-0.05, 0) is 44.9 Å². The lowest BCUT2D eigenvalue weighted by molar-refractivity contribution is 0.318. The van der Waals surface area contributed by atoms with E-state index in [4.69, 9.17) is 10.9 Å². The molecule has 4 heteroatoms. The Hall–Kier alpha value is -1.71. The van der Waals surface area contributed by atoms with Crippen molar-refractivity contribution in [3.05, 3.63) is 29.3 Å². The second-order valence-electron chi connectivity index (χ2n) is 5.23. The topological polar surface area (TPSA) is 61.8 Å². The first kappa shape index (κ1) is 14.4. The molecule has 1 aromatic carbocycles. The zero-order valence-electron chi connectivity index (χ0n) is 11.9. The molecule has 0 amide bonds. The molecule has 0 atom stereocenters. The third-order valence-electron chi connectivity index (χ3n) is 3.67. The Morgan fingerprint density at radius 1 is 1.44 bits per heavy atom. The number of nitrogens with zero attached hydrogens (tertiary/aromatic N) is 2. The van der Waals surface area contributed by atoms with Crippen molar-refractivity contribution in [2.75, 3.05) is 11.9 Å². The minimum atomic E-state index is 0.0122. The monoisotopic (exact) mass is 249 g/mol. The molecule has 0 heterocycles. The van der Waals surface area contributed by atoms with Crippen molar-refractivity contribution in [1.82, 2.24) is 0 Å². The maximum absolute atomic E-state index is 8.87. The highest BCUT2D eigenvalue weighted by Gasteiger charge is 2.24. The fraction of sp³-hybridized carbons (Fsp3) is 0.500. The molecule has 0 saturated heterocycles. The van der Waals surface area contributed by atoms with Crippen LogP contribution in [-0.2, 0) is 0 Å². The van der Waals surface area contributed by atoms with Crippen LogP contribution in [0.15, 0.2) is 23.4 Å². The molecule has 0 radical (unpaired) electrons. The average molecular weight is 249 g/mol. The van der Waals surface area contributed by atoms with Gasteiger partial charge in [0.1, 0.15) is 0 Å². The minimum absolute atomic E-state index is 0.0122. The van der Waals surface area contributed by atoms with Gasteiger partial charge in [0, 0.05) is 23.8 Å². The number of nitrogens with two attached hydrogens (primary N) is 1. The van der Waals surface area contributed by atoms with Crippen molar-refractivity contribution in [3.63, 3.8) is 0 Å². The number of aryl methyl sites for hydroxylation is 1. The van der Waals surface area contributed by atoms with Gasteiger partial charge in [0.15, 0.2) is 5.84 Å². The first-order chi connectivity index (χ1) is 8.33. The van der Waals surface area contributed by atoms with Crippen molar-refractivity contribution >= 4 is 11.5 Å². The Morgan fingerprint density at radius 2 is 2.06 bits per heavy atom. The van der Waals surface area contributed by atoms with Gasteiger partial charge < -0.3 is 15.8 Å². The second kappa shape index (κ2) is 5.29. The molecule has 0 spiro atoms. The molecule has 0 aliphatic rings. The van der Waals surface area contributed by atoms with E-state index in [-0.39, 0.29) is 11.4 Å². The van der Waals surface area contributed by atoms with E-state index < -0.39 is 0 Å². The Bertz CT molecular complexity index is 452. The third-order valence-corrected chi connectivity index (χ3v) is 3.67. The molecule has 0 bridgehead atoms. The summed E-state index contributed by atoms with van der Waals surface area (Å²) in [6.45, 7) is 8.53. The molecule has 0 aliphatic carbocycles. The lowest BCUT2D eigenvalue weighted by Gasteiger charge is -2.38. The summed E-state index contributed by atoms with van der Waals surface area (Å²) < 4.78 is 0. The molecule has 0 aromatic heterocycles. The molecule has 3 N–H and O–H groups in total. The fourth-order valence-corrected chi connectivity index (χ4v) is 1.75. The highest BCUT2D eigenvalue weighted by atomic mass is 16.4. The molecule has 1 aromatic rings. The Kier molecular flexibility index (Phi) is 4.22. The van der Waals surface area contributed by atoms with Gasteiger partial charge >= 0.3 is 0 Å². The summed E-state index contributed by atoms with van der Waals surface area (Å²) in [5.74, 6) is 0.142. The Labute approximate surface area is 109 Å². The van der Waals surface area contributed by atoms with Crippen molar-refractivity contribution < 1.29 is 5.21 Å². The van der Waals surface area contributed by atoms with Crippen molar-refractivity contribution in [1.29, 1.82) is 0 Å². The van der Waals surface area contributed by atoms with Crippen molar-refractivity contribution in [3.8, 4) is 0 Å². The summed E-state index contributed by atoms with van der Waals surface area (Å²) in [5, 5.41) is 12.0. The van der Waals surface area contributed by atoms with Crippen LogP contribution in [0.1, 0.15) is 38.3 Å². The molecule has 18 heavy (non-hydrogen) atoms. The fourth-order valence-electron chi connectivity index (χ4n) is 1.75. The SMILES string of the molecule is CCC(C)(C)N(C)c1cc(C)ccc1C(N)=NO. The molecule has 1 rings (SSSR count). The van der Waals surface area contributed by atoms with E-state index in [1.165, 1.54) is 0 Å². The molecule has 0 unspecified atom stereocenters. The average Bonchev–Trinajstić information content (AvgIpc) is 2.36. The summed E-state index contributed by atoms with van der Waals surface area (Å²) in [4.78, 5) is 2.17. The molecule has 0 saturated carbocycles. The molecule has 100 valence electrons. The van der Waals surface area contributed by atoms with Crippen LogP contribution in [0.3, 0.4) is 0 Å². The van der Waals surface area contributed by atoms with Crippen LogP contribution < -0.4 is 10.6 Å². The van der Waals surface area contributed by atoms with Crippen LogP contribution in [0.5, 0.6) is 0 Å². The quantitative estimate of drug-likeness (QED) is 0.373. The van der Waals surface area contributed by atoms with Gasteiger partial charge in [-0.3, -0.25) is 0 Å². The first-order valence-electron chi connectivity index (χ1n) is 6.16. The normalized spacial score (nSPS) is 12.6. The maximum Gasteiger partial charge on any atom is 0.172 e. The van der Waals surface area contributed by atoms with Gasteiger partial charge in [-0.15, -0.1) is 0 Å². The predicted molar refractivity (Wildman–Crippen MR) is 76.5 cm³/mol. The van der Waals surface area contributed by atoms with Crippen molar-refractivity contribution in [2.45, 2.75) is 39.7 Å². The number of hydrogen-bond acceptors (Lipinski definition) is 3. The van der Waals surface area contributed by atoms with E-state index in [9.17, 15) is 0 Å². The Balaban J connectivity index is 3.34. The third kappa shape index (κ3) is 2.75. The van der Waals surface area contributed by atoms with Crippen LogP contribution in [0.2, 0.25) is 0 Å². The highest BCUT2D eigenvalue weighted by Crippen LogP contribution is 2.28. The van der Waals surface area contributed by atoms with Crippen LogP contribution >= 0.6 is 0 Å². The van der Waals surface area contributed by atoms with Gasteiger partial charge in [0.25, 0.3) is 0 Å². The molecular formula is C14H23N3O. The van der Waals surface area contributed by atoms with E-state index >= 15 is 0 Å². The summed E-state index contributed by atoms with van der Waals surface area (Å²) >= 11 is 0. The number of amidine groups is 1. The van der Waals surface area contributed by atoms with Gasteiger partial charge in [-0.1, -0.05) is 18.1 Å². The summed E-state index contributed by atoms with van der Waals surface area (Å²) in [7, 11) is 2.03. The highest BCUT2D eigenvalue weighted by molar-refractivity contribution is 6.02. The number of anilines is 1. The summed E-state index contributed by atoms with van der Waals surface area (Å²) in [5.41, 5.74) is 8.64. The van der Waals surface area contributed by atoms with Crippen molar-refractivity contribution in [2.24, 2.45) is 10.9 Å². The molecular weight excluding hydrogens is 226 g/mol. The van der Waals surface area contributed by atoms with Gasteiger partial charge in [-0.2, -0.15) is 0 Å². The van der Waals surface area contributed by atoms with E-state index in [0.717, 1.165) is 23.2 Å².